The van der Waals surface area contributed by atoms with Gasteiger partial charge in [-0.1, -0.05) is 0 Å². The smallest absolute Gasteiger partial charge is 0.185 e. The van der Waals surface area contributed by atoms with Gasteiger partial charge in [0.05, 0.1) is 4.47 Å². The van der Waals surface area contributed by atoms with Crippen LogP contribution in [0.4, 0.5) is 29.1 Å². The molecule has 1 aromatic heterocycles. The van der Waals surface area contributed by atoms with Crippen LogP contribution in [0.5, 0.6) is 0 Å². The molecule has 0 unspecified atom stereocenters. The molecule has 7 heteroatoms. The number of hydrogen-bond donors (Lipinski definition) is 1. The van der Waals surface area contributed by atoms with Crippen molar-refractivity contribution in [1.82, 2.24) is 4.98 Å². The van der Waals surface area contributed by atoms with Crippen LogP contribution in [0.1, 0.15) is 5.56 Å². The van der Waals surface area contributed by atoms with Crippen molar-refractivity contribution in [3.05, 3.63) is 51.6 Å². The normalized spacial score (nSPS) is 10.6. The lowest BCUT2D eigenvalue weighted by atomic mass is 10.2. The van der Waals surface area contributed by atoms with E-state index >= 15 is 0 Å². The number of anilines is 2. The number of nitrogens with zero attached hydrogens (tertiary/aromatic N) is 1. The first-order chi connectivity index (χ1) is 8.91. The Bertz CT molecular complexity index is 620. The number of aromatic nitrogens is 1. The van der Waals surface area contributed by atoms with Crippen LogP contribution in [0.2, 0.25) is 0 Å². The van der Waals surface area contributed by atoms with Crippen molar-refractivity contribution >= 4 is 27.4 Å². The van der Waals surface area contributed by atoms with Gasteiger partial charge in [-0.3, -0.25) is 0 Å². The van der Waals surface area contributed by atoms with Crippen molar-refractivity contribution < 1.29 is 17.6 Å². The number of aryl methyl sites for hydroxylation is 1. The SMILES string of the molecule is Cc1ccnc(Nc2c(F)c(F)cc(F)c2F)c1Br. The van der Waals surface area contributed by atoms with Crippen molar-refractivity contribution in [3.8, 4) is 0 Å². The lowest BCUT2D eigenvalue weighted by molar-refractivity contribution is 0.459. The van der Waals surface area contributed by atoms with Crippen LogP contribution >= 0.6 is 15.9 Å². The number of benzene rings is 1. The van der Waals surface area contributed by atoms with E-state index in [2.05, 4.69) is 26.2 Å². The average molecular weight is 335 g/mol. The zero-order chi connectivity index (χ0) is 14.2. The summed E-state index contributed by atoms with van der Waals surface area (Å²) >= 11 is 3.17. The molecule has 0 spiro atoms. The Kier molecular flexibility index (Phi) is 3.75. The zero-order valence-corrected chi connectivity index (χ0v) is 11.2. The Hall–Kier alpha value is -1.63. The minimum absolute atomic E-state index is 0.0581. The topological polar surface area (TPSA) is 24.9 Å². The van der Waals surface area contributed by atoms with Gasteiger partial charge in [0.1, 0.15) is 11.5 Å². The largest absolute Gasteiger partial charge is 0.334 e. The second-order valence-corrected chi connectivity index (χ2v) is 4.55. The van der Waals surface area contributed by atoms with Gasteiger partial charge in [-0.05, 0) is 34.5 Å². The van der Waals surface area contributed by atoms with E-state index in [0.717, 1.165) is 5.56 Å². The summed E-state index contributed by atoms with van der Waals surface area (Å²) in [6, 6.07) is 1.81. The maximum atomic E-state index is 13.5. The molecule has 1 N–H and O–H groups in total. The predicted molar refractivity (Wildman–Crippen MR) is 66.2 cm³/mol. The van der Waals surface area contributed by atoms with E-state index in [1.54, 1.807) is 13.0 Å². The Morgan fingerprint density at radius 1 is 1.11 bits per heavy atom. The van der Waals surface area contributed by atoms with Crippen molar-refractivity contribution in [2.24, 2.45) is 0 Å². The lowest BCUT2D eigenvalue weighted by Gasteiger charge is -2.11. The highest BCUT2D eigenvalue weighted by molar-refractivity contribution is 9.10. The van der Waals surface area contributed by atoms with E-state index in [4.69, 9.17) is 0 Å². The lowest BCUT2D eigenvalue weighted by Crippen LogP contribution is -2.04. The number of hydrogen-bond acceptors (Lipinski definition) is 2. The summed E-state index contributed by atoms with van der Waals surface area (Å²) in [6.45, 7) is 1.73. The van der Waals surface area contributed by atoms with Gasteiger partial charge in [0.15, 0.2) is 23.3 Å². The molecule has 2 rings (SSSR count). The Labute approximate surface area is 114 Å². The molecule has 0 aliphatic rings. The first kappa shape index (κ1) is 13.8. The number of nitrogens with one attached hydrogen (secondary N) is 1. The Morgan fingerprint density at radius 3 is 2.26 bits per heavy atom. The molecule has 0 saturated carbocycles. The fourth-order valence-corrected chi connectivity index (χ4v) is 1.76. The summed E-state index contributed by atoms with van der Waals surface area (Å²) in [6.07, 6.45) is 1.40. The number of halogens is 5. The van der Waals surface area contributed by atoms with Gasteiger partial charge in [-0.2, -0.15) is 0 Å². The van der Waals surface area contributed by atoms with E-state index in [0.29, 0.717) is 4.47 Å². The first-order valence-electron chi connectivity index (χ1n) is 5.13. The quantitative estimate of drug-likeness (QED) is 0.648. The summed E-state index contributed by atoms with van der Waals surface area (Å²) in [4.78, 5) is 3.84. The van der Waals surface area contributed by atoms with Crippen LogP contribution in [0.25, 0.3) is 0 Å². The zero-order valence-electron chi connectivity index (χ0n) is 9.57. The summed E-state index contributed by atoms with van der Waals surface area (Å²) < 4.78 is 53.5. The standard InChI is InChI=1S/C12H7BrF4N2/c1-5-2-3-18-12(8(5)13)19-11-9(16)6(14)4-7(15)10(11)17/h2-4H,1H3,(H,18,19). The fraction of sp³-hybridized carbons (Fsp3) is 0.0833. The summed E-state index contributed by atoms with van der Waals surface area (Å²) in [5, 5.41) is 2.24. The second kappa shape index (κ2) is 5.16. The second-order valence-electron chi connectivity index (χ2n) is 3.76. The highest BCUT2D eigenvalue weighted by Crippen LogP contribution is 2.30. The molecule has 0 radical (unpaired) electrons. The molecule has 0 bridgehead atoms. The minimum Gasteiger partial charge on any atom is -0.334 e. The number of rotatable bonds is 2. The van der Waals surface area contributed by atoms with Crippen molar-refractivity contribution in [1.29, 1.82) is 0 Å². The minimum atomic E-state index is -1.51. The Morgan fingerprint density at radius 2 is 1.68 bits per heavy atom. The molecule has 2 nitrogen and oxygen atoms in total. The third kappa shape index (κ3) is 2.56. The molecule has 0 amide bonds. The van der Waals surface area contributed by atoms with Gasteiger partial charge >= 0.3 is 0 Å². The van der Waals surface area contributed by atoms with Crippen molar-refractivity contribution in [2.75, 3.05) is 5.32 Å². The Balaban J connectivity index is 2.52. The first-order valence-corrected chi connectivity index (χ1v) is 5.92. The van der Waals surface area contributed by atoms with Gasteiger partial charge in [0, 0.05) is 12.3 Å². The van der Waals surface area contributed by atoms with Gasteiger partial charge in [-0.15, -0.1) is 0 Å². The molecule has 19 heavy (non-hydrogen) atoms. The molecule has 0 aliphatic heterocycles. The van der Waals surface area contributed by atoms with Crippen LogP contribution in [-0.4, -0.2) is 4.98 Å². The van der Waals surface area contributed by atoms with Crippen molar-refractivity contribution in [3.63, 3.8) is 0 Å². The number of pyridine rings is 1. The molecular formula is C12H7BrF4N2. The van der Waals surface area contributed by atoms with E-state index in [9.17, 15) is 17.6 Å². The van der Waals surface area contributed by atoms with Crippen LogP contribution in [-0.2, 0) is 0 Å². The maximum absolute atomic E-state index is 13.5. The molecule has 1 aromatic carbocycles. The van der Waals surface area contributed by atoms with Gasteiger partial charge in [0.2, 0.25) is 0 Å². The van der Waals surface area contributed by atoms with E-state index in [1.807, 2.05) is 0 Å². The molecule has 0 saturated heterocycles. The van der Waals surface area contributed by atoms with Crippen LogP contribution in [0, 0.1) is 30.2 Å². The monoisotopic (exact) mass is 334 g/mol. The van der Waals surface area contributed by atoms with E-state index < -0.39 is 29.0 Å². The van der Waals surface area contributed by atoms with Crippen LogP contribution in [0.3, 0.4) is 0 Å². The van der Waals surface area contributed by atoms with Crippen LogP contribution in [0.15, 0.2) is 22.8 Å². The molecule has 0 aliphatic carbocycles. The predicted octanol–water partition coefficient (Wildman–Crippen LogP) is 4.45. The molecule has 100 valence electrons. The van der Waals surface area contributed by atoms with Crippen LogP contribution < -0.4 is 5.32 Å². The summed E-state index contributed by atoms with van der Waals surface area (Å²) in [5.74, 6) is -5.92. The molecular weight excluding hydrogens is 328 g/mol. The van der Waals surface area contributed by atoms with Crippen molar-refractivity contribution in [2.45, 2.75) is 6.92 Å². The molecule has 2 aromatic rings. The third-order valence-corrected chi connectivity index (χ3v) is 3.44. The highest BCUT2D eigenvalue weighted by atomic mass is 79.9. The van der Waals surface area contributed by atoms with E-state index in [-0.39, 0.29) is 11.9 Å². The highest BCUT2D eigenvalue weighted by Gasteiger charge is 2.20. The van der Waals surface area contributed by atoms with Gasteiger partial charge < -0.3 is 5.32 Å². The van der Waals surface area contributed by atoms with E-state index in [1.165, 1.54) is 6.20 Å². The molecule has 0 fully saturated rings. The maximum Gasteiger partial charge on any atom is 0.185 e. The summed E-state index contributed by atoms with van der Waals surface area (Å²) in [7, 11) is 0. The fourth-order valence-electron chi connectivity index (χ4n) is 1.43. The average Bonchev–Trinajstić information content (AvgIpc) is 2.37. The van der Waals surface area contributed by atoms with Gasteiger partial charge in [0.25, 0.3) is 0 Å². The van der Waals surface area contributed by atoms with Gasteiger partial charge in [-0.25, -0.2) is 22.5 Å². The summed E-state index contributed by atoms with van der Waals surface area (Å²) in [5.41, 5.74) is -0.175. The molecule has 0 atom stereocenters. The molecule has 1 heterocycles. The third-order valence-electron chi connectivity index (χ3n) is 2.44.